The molecule has 0 unspecified atom stereocenters. The summed E-state index contributed by atoms with van der Waals surface area (Å²) in [7, 11) is 1.71. The Morgan fingerprint density at radius 2 is 2.11 bits per heavy atom. The molecule has 0 heterocycles. The summed E-state index contributed by atoms with van der Waals surface area (Å²) in [5, 5.41) is 3.53. The predicted octanol–water partition coefficient (Wildman–Crippen LogP) is 2.72. The molecule has 1 aromatic carbocycles. The minimum atomic E-state index is 0.0913. The minimum Gasteiger partial charge on any atom is -0.496 e. The fraction of sp³-hybridized carbons (Fsp3) is 0.571. The predicted molar refractivity (Wildman–Crippen MR) is 80.2 cm³/mol. The Kier molecular flexibility index (Phi) is 6.12. The molecule has 4 heteroatoms. The molecule has 18 heavy (non-hydrogen) atoms. The van der Waals surface area contributed by atoms with Crippen LogP contribution in [0.2, 0.25) is 0 Å². The van der Waals surface area contributed by atoms with Crippen molar-refractivity contribution < 1.29 is 4.74 Å². The van der Waals surface area contributed by atoms with Crippen molar-refractivity contribution in [2.24, 2.45) is 5.73 Å². The molecule has 3 N–H and O–H groups in total. The first kappa shape index (κ1) is 15.5. The van der Waals surface area contributed by atoms with Crippen molar-refractivity contribution in [2.45, 2.75) is 32.2 Å². The molecule has 0 aromatic heterocycles. The molecule has 0 aliphatic rings. The van der Waals surface area contributed by atoms with Crippen LogP contribution >= 0.6 is 15.9 Å². The van der Waals surface area contributed by atoms with Gasteiger partial charge in [0.25, 0.3) is 0 Å². The Balaban J connectivity index is 2.55. The van der Waals surface area contributed by atoms with Crippen LogP contribution in [0.15, 0.2) is 22.7 Å². The lowest BCUT2D eigenvalue weighted by Gasteiger charge is -2.26. The van der Waals surface area contributed by atoms with Gasteiger partial charge >= 0.3 is 0 Å². The SMILES string of the molecule is COc1ccc(Br)cc1CCNC(C)(C)CCN. The maximum Gasteiger partial charge on any atom is 0.122 e. The Hall–Kier alpha value is -0.580. The second-order valence-electron chi connectivity index (χ2n) is 5.06. The fourth-order valence-corrected chi connectivity index (χ4v) is 2.34. The van der Waals surface area contributed by atoms with Crippen LogP contribution in [0.4, 0.5) is 0 Å². The van der Waals surface area contributed by atoms with Crippen LogP contribution in [-0.2, 0) is 6.42 Å². The van der Waals surface area contributed by atoms with E-state index in [1.54, 1.807) is 7.11 Å². The van der Waals surface area contributed by atoms with Crippen molar-refractivity contribution in [3.8, 4) is 5.75 Å². The summed E-state index contributed by atoms with van der Waals surface area (Å²) in [6.45, 7) is 5.98. The molecule has 1 rings (SSSR count). The van der Waals surface area contributed by atoms with Gasteiger partial charge in [-0.3, -0.25) is 0 Å². The third-order valence-electron chi connectivity index (χ3n) is 3.01. The van der Waals surface area contributed by atoms with Crippen LogP contribution in [0.5, 0.6) is 5.75 Å². The maximum atomic E-state index is 5.60. The van der Waals surface area contributed by atoms with Gasteiger partial charge in [0.15, 0.2) is 0 Å². The van der Waals surface area contributed by atoms with Crippen molar-refractivity contribution in [1.29, 1.82) is 0 Å². The number of nitrogens with two attached hydrogens (primary N) is 1. The van der Waals surface area contributed by atoms with E-state index in [0.717, 1.165) is 29.6 Å². The molecule has 0 saturated heterocycles. The highest BCUT2D eigenvalue weighted by molar-refractivity contribution is 9.10. The van der Waals surface area contributed by atoms with Crippen LogP contribution in [-0.4, -0.2) is 25.7 Å². The third kappa shape index (κ3) is 4.96. The van der Waals surface area contributed by atoms with Gasteiger partial charge in [-0.2, -0.15) is 0 Å². The highest BCUT2D eigenvalue weighted by Crippen LogP contribution is 2.23. The molecular formula is C14H23BrN2O. The standard InChI is InChI=1S/C14H23BrN2O/c1-14(2,7-8-16)17-9-6-11-10-12(15)4-5-13(11)18-3/h4-5,10,17H,6-9,16H2,1-3H3. The number of methoxy groups -OCH3 is 1. The number of ether oxygens (including phenoxy) is 1. The second kappa shape index (κ2) is 7.12. The summed E-state index contributed by atoms with van der Waals surface area (Å²) in [6.07, 6.45) is 1.92. The first-order valence-electron chi connectivity index (χ1n) is 6.26. The van der Waals surface area contributed by atoms with Crippen LogP contribution in [0, 0.1) is 0 Å². The van der Waals surface area contributed by atoms with Crippen molar-refractivity contribution in [1.82, 2.24) is 5.32 Å². The molecule has 102 valence electrons. The highest BCUT2D eigenvalue weighted by atomic mass is 79.9. The summed E-state index contributed by atoms with van der Waals surface area (Å²) >= 11 is 3.49. The van der Waals surface area contributed by atoms with Gasteiger partial charge in [0.2, 0.25) is 0 Å². The lowest BCUT2D eigenvalue weighted by Crippen LogP contribution is -2.42. The minimum absolute atomic E-state index is 0.0913. The first-order valence-corrected chi connectivity index (χ1v) is 7.05. The first-order chi connectivity index (χ1) is 8.48. The zero-order valence-electron chi connectivity index (χ0n) is 11.4. The van der Waals surface area contributed by atoms with Crippen molar-refractivity contribution in [3.63, 3.8) is 0 Å². The zero-order chi connectivity index (χ0) is 13.6. The molecule has 0 saturated carbocycles. The third-order valence-corrected chi connectivity index (χ3v) is 3.50. The lowest BCUT2D eigenvalue weighted by molar-refractivity contribution is 0.367. The summed E-state index contributed by atoms with van der Waals surface area (Å²) in [6, 6.07) is 6.09. The van der Waals surface area contributed by atoms with Gasteiger partial charge < -0.3 is 15.8 Å². The number of rotatable bonds is 7. The van der Waals surface area contributed by atoms with Crippen molar-refractivity contribution in [3.05, 3.63) is 28.2 Å². The summed E-state index contributed by atoms with van der Waals surface area (Å²) < 4.78 is 6.44. The van der Waals surface area contributed by atoms with Gasteiger partial charge in [-0.05, 0) is 63.5 Å². The molecule has 0 amide bonds. The van der Waals surface area contributed by atoms with E-state index in [4.69, 9.17) is 10.5 Å². The van der Waals surface area contributed by atoms with Crippen LogP contribution in [0.25, 0.3) is 0 Å². The highest BCUT2D eigenvalue weighted by Gasteiger charge is 2.15. The number of hydrogen-bond donors (Lipinski definition) is 2. The summed E-state index contributed by atoms with van der Waals surface area (Å²) in [5.74, 6) is 0.941. The monoisotopic (exact) mass is 314 g/mol. The molecule has 0 bridgehead atoms. The van der Waals surface area contributed by atoms with E-state index < -0.39 is 0 Å². The number of halogens is 1. The average Bonchev–Trinajstić information content (AvgIpc) is 2.29. The fourth-order valence-electron chi connectivity index (χ4n) is 1.93. The van der Waals surface area contributed by atoms with Crippen molar-refractivity contribution in [2.75, 3.05) is 20.2 Å². The molecular weight excluding hydrogens is 292 g/mol. The number of hydrogen-bond acceptors (Lipinski definition) is 3. The smallest absolute Gasteiger partial charge is 0.122 e. The Morgan fingerprint density at radius 1 is 1.39 bits per heavy atom. The Morgan fingerprint density at radius 3 is 2.72 bits per heavy atom. The molecule has 0 spiro atoms. The van der Waals surface area contributed by atoms with Gasteiger partial charge in [0.05, 0.1) is 7.11 Å². The molecule has 1 aromatic rings. The molecule has 0 radical (unpaired) electrons. The Bertz CT molecular complexity index is 380. The molecule has 0 aliphatic heterocycles. The average molecular weight is 315 g/mol. The molecule has 3 nitrogen and oxygen atoms in total. The van der Waals surface area contributed by atoms with E-state index in [0.29, 0.717) is 6.54 Å². The van der Waals surface area contributed by atoms with E-state index in [2.05, 4.69) is 41.2 Å². The zero-order valence-corrected chi connectivity index (χ0v) is 13.0. The molecule has 0 fully saturated rings. The lowest BCUT2D eigenvalue weighted by atomic mass is 10.0. The number of nitrogens with one attached hydrogen (secondary N) is 1. The van der Waals surface area contributed by atoms with E-state index in [9.17, 15) is 0 Å². The maximum absolute atomic E-state index is 5.60. The van der Waals surface area contributed by atoms with E-state index >= 15 is 0 Å². The molecule has 0 aliphatic carbocycles. The van der Waals surface area contributed by atoms with Gasteiger partial charge in [-0.15, -0.1) is 0 Å². The van der Waals surface area contributed by atoms with E-state index in [1.807, 2.05) is 12.1 Å². The van der Waals surface area contributed by atoms with E-state index in [-0.39, 0.29) is 5.54 Å². The molecule has 0 atom stereocenters. The Labute approximate surface area is 118 Å². The van der Waals surface area contributed by atoms with Gasteiger partial charge in [-0.1, -0.05) is 15.9 Å². The van der Waals surface area contributed by atoms with Crippen LogP contribution < -0.4 is 15.8 Å². The second-order valence-corrected chi connectivity index (χ2v) is 5.97. The summed E-state index contributed by atoms with van der Waals surface area (Å²) in [5.41, 5.74) is 6.90. The van der Waals surface area contributed by atoms with Gasteiger partial charge in [0, 0.05) is 10.0 Å². The van der Waals surface area contributed by atoms with Crippen LogP contribution in [0.3, 0.4) is 0 Å². The topological polar surface area (TPSA) is 47.3 Å². The van der Waals surface area contributed by atoms with Gasteiger partial charge in [0.1, 0.15) is 5.75 Å². The summed E-state index contributed by atoms with van der Waals surface area (Å²) in [4.78, 5) is 0. The van der Waals surface area contributed by atoms with Crippen LogP contribution in [0.1, 0.15) is 25.8 Å². The van der Waals surface area contributed by atoms with Gasteiger partial charge in [-0.25, -0.2) is 0 Å². The van der Waals surface area contributed by atoms with Crippen molar-refractivity contribution >= 4 is 15.9 Å². The normalized spacial score (nSPS) is 11.6. The van der Waals surface area contributed by atoms with E-state index in [1.165, 1.54) is 5.56 Å². The number of benzene rings is 1. The largest absolute Gasteiger partial charge is 0.496 e. The quantitative estimate of drug-likeness (QED) is 0.813.